The quantitative estimate of drug-likeness (QED) is 0.928. The van der Waals surface area contributed by atoms with Gasteiger partial charge in [0.1, 0.15) is 5.69 Å². The second-order valence-corrected chi connectivity index (χ2v) is 5.42. The molecule has 1 aliphatic rings. The molecule has 1 atom stereocenters. The van der Waals surface area contributed by atoms with E-state index in [1.807, 2.05) is 18.2 Å². The van der Waals surface area contributed by atoms with Gasteiger partial charge in [0.15, 0.2) is 0 Å². The molecule has 2 aromatic heterocycles. The molecule has 114 valence electrons. The lowest BCUT2D eigenvalue weighted by Gasteiger charge is -2.33. The maximum Gasteiger partial charge on any atom is 0.274 e. The molecule has 1 saturated heterocycles. The van der Waals surface area contributed by atoms with Crippen LogP contribution in [0.2, 0.25) is 0 Å². The molecule has 0 spiro atoms. The minimum atomic E-state index is -0.574. The first-order chi connectivity index (χ1) is 10.8. The lowest BCUT2D eigenvalue weighted by Crippen LogP contribution is -2.40. The molecule has 0 saturated carbocycles. The summed E-state index contributed by atoms with van der Waals surface area (Å²) in [6, 6.07) is 5.54. The molecule has 6 heteroatoms. The van der Waals surface area contributed by atoms with Crippen molar-refractivity contribution >= 4 is 5.91 Å². The van der Waals surface area contributed by atoms with E-state index in [1.165, 1.54) is 12.4 Å². The van der Waals surface area contributed by atoms with Crippen molar-refractivity contribution in [1.29, 1.82) is 0 Å². The molecule has 6 nitrogen and oxygen atoms in total. The number of pyridine rings is 1. The van der Waals surface area contributed by atoms with Crippen LogP contribution in [0.15, 0.2) is 43.0 Å². The van der Waals surface area contributed by atoms with Crippen molar-refractivity contribution in [2.45, 2.75) is 18.9 Å². The van der Waals surface area contributed by atoms with Crippen molar-refractivity contribution in [3.05, 3.63) is 54.4 Å². The topological polar surface area (TPSA) is 79.2 Å². The summed E-state index contributed by atoms with van der Waals surface area (Å²) in [5.41, 5.74) is 1.06. The van der Waals surface area contributed by atoms with Gasteiger partial charge in [-0.15, -0.1) is 0 Å². The Morgan fingerprint density at radius 2 is 2.00 bits per heavy atom. The van der Waals surface area contributed by atoms with E-state index in [2.05, 4.69) is 15.0 Å². The summed E-state index contributed by atoms with van der Waals surface area (Å²) in [4.78, 5) is 26.2. The molecule has 0 aromatic carbocycles. The molecule has 22 heavy (non-hydrogen) atoms. The Hall–Kier alpha value is -2.34. The fraction of sp³-hybridized carbons (Fsp3) is 0.375. The van der Waals surface area contributed by atoms with Crippen LogP contribution in [0.1, 0.15) is 35.1 Å². The highest BCUT2D eigenvalue weighted by Crippen LogP contribution is 2.29. The molecule has 1 amide bonds. The molecule has 2 aromatic rings. The number of aliphatic hydroxyl groups excluding tert-OH is 1. The monoisotopic (exact) mass is 298 g/mol. The van der Waals surface area contributed by atoms with Crippen molar-refractivity contribution < 1.29 is 9.90 Å². The predicted molar refractivity (Wildman–Crippen MR) is 79.9 cm³/mol. The van der Waals surface area contributed by atoms with Crippen LogP contribution >= 0.6 is 0 Å². The lowest BCUT2D eigenvalue weighted by atomic mass is 9.89. The van der Waals surface area contributed by atoms with E-state index < -0.39 is 6.10 Å². The Morgan fingerprint density at radius 3 is 2.64 bits per heavy atom. The third kappa shape index (κ3) is 3.12. The average Bonchev–Trinajstić information content (AvgIpc) is 2.62. The highest BCUT2D eigenvalue weighted by molar-refractivity contribution is 5.92. The minimum Gasteiger partial charge on any atom is -0.387 e. The van der Waals surface area contributed by atoms with Gasteiger partial charge in [-0.3, -0.25) is 14.8 Å². The number of nitrogens with zero attached hydrogens (tertiary/aromatic N) is 4. The summed E-state index contributed by atoms with van der Waals surface area (Å²) in [7, 11) is 0. The van der Waals surface area contributed by atoms with Gasteiger partial charge >= 0.3 is 0 Å². The van der Waals surface area contributed by atoms with Crippen LogP contribution in [0.4, 0.5) is 0 Å². The van der Waals surface area contributed by atoms with Gasteiger partial charge in [-0.2, -0.15) is 0 Å². The van der Waals surface area contributed by atoms with E-state index in [0.29, 0.717) is 24.5 Å². The molecule has 1 fully saturated rings. The van der Waals surface area contributed by atoms with E-state index in [4.69, 9.17) is 0 Å². The van der Waals surface area contributed by atoms with Crippen LogP contribution < -0.4 is 0 Å². The van der Waals surface area contributed by atoms with Crippen molar-refractivity contribution in [2.24, 2.45) is 5.92 Å². The number of hydrogen-bond acceptors (Lipinski definition) is 5. The summed E-state index contributed by atoms with van der Waals surface area (Å²) >= 11 is 0. The number of aliphatic hydroxyl groups is 1. The smallest absolute Gasteiger partial charge is 0.274 e. The van der Waals surface area contributed by atoms with Crippen LogP contribution in [0.25, 0.3) is 0 Å². The number of piperidine rings is 1. The standard InChI is InChI=1S/C16H18N4O2/c21-15(13-3-1-2-6-18-13)12-4-9-20(10-5-12)16(22)14-11-17-7-8-19-14/h1-3,6-8,11-12,15,21H,4-5,9-10H2. The van der Waals surface area contributed by atoms with E-state index in [-0.39, 0.29) is 11.8 Å². The summed E-state index contributed by atoms with van der Waals surface area (Å²) in [5.74, 6) is 0.0275. The van der Waals surface area contributed by atoms with E-state index in [9.17, 15) is 9.90 Å². The Balaban J connectivity index is 1.60. The fourth-order valence-electron chi connectivity index (χ4n) is 2.78. The summed E-state index contributed by atoms with van der Waals surface area (Å²) in [5, 5.41) is 10.4. The van der Waals surface area contributed by atoms with Crippen LogP contribution in [-0.4, -0.2) is 44.0 Å². The average molecular weight is 298 g/mol. The van der Waals surface area contributed by atoms with E-state index in [0.717, 1.165) is 12.8 Å². The fourth-order valence-corrected chi connectivity index (χ4v) is 2.78. The van der Waals surface area contributed by atoms with Gasteiger partial charge in [0.2, 0.25) is 0 Å². The zero-order valence-corrected chi connectivity index (χ0v) is 12.2. The second kappa shape index (κ2) is 6.62. The Kier molecular flexibility index (Phi) is 4.39. The molecule has 0 aliphatic carbocycles. The van der Waals surface area contributed by atoms with Crippen molar-refractivity contribution in [2.75, 3.05) is 13.1 Å². The van der Waals surface area contributed by atoms with Gasteiger partial charge in [-0.1, -0.05) is 6.07 Å². The van der Waals surface area contributed by atoms with Crippen molar-refractivity contribution in [3.63, 3.8) is 0 Å². The maximum absolute atomic E-state index is 12.3. The first-order valence-electron chi connectivity index (χ1n) is 7.40. The first-order valence-corrected chi connectivity index (χ1v) is 7.40. The molecule has 3 rings (SSSR count). The Labute approximate surface area is 128 Å². The lowest BCUT2D eigenvalue weighted by molar-refractivity contribution is 0.0444. The highest BCUT2D eigenvalue weighted by atomic mass is 16.3. The molecule has 0 bridgehead atoms. The Morgan fingerprint density at radius 1 is 1.18 bits per heavy atom. The Bertz CT molecular complexity index is 613. The minimum absolute atomic E-state index is 0.0983. The molecule has 1 unspecified atom stereocenters. The first kappa shape index (κ1) is 14.6. The number of carbonyl (C=O) groups excluding carboxylic acids is 1. The molecule has 0 radical (unpaired) electrons. The van der Waals surface area contributed by atoms with Gasteiger partial charge in [0.25, 0.3) is 5.91 Å². The van der Waals surface area contributed by atoms with Gasteiger partial charge in [0.05, 0.1) is 18.0 Å². The van der Waals surface area contributed by atoms with E-state index >= 15 is 0 Å². The largest absolute Gasteiger partial charge is 0.387 e. The van der Waals surface area contributed by atoms with Crippen molar-refractivity contribution in [1.82, 2.24) is 19.9 Å². The van der Waals surface area contributed by atoms with Crippen LogP contribution in [0.3, 0.4) is 0 Å². The number of rotatable bonds is 3. The number of likely N-dealkylation sites (tertiary alicyclic amines) is 1. The molecule has 1 aliphatic heterocycles. The van der Waals surface area contributed by atoms with Gasteiger partial charge in [-0.05, 0) is 30.9 Å². The normalized spacial score (nSPS) is 17.2. The zero-order valence-electron chi connectivity index (χ0n) is 12.2. The number of hydrogen-bond donors (Lipinski definition) is 1. The van der Waals surface area contributed by atoms with E-state index in [1.54, 1.807) is 17.3 Å². The summed E-state index contributed by atoms with van der Waals surface area (Å²) < 4.78 is 0. The third-order valence-corrected chi connectivity index (χ3v) is 4.05. The van der Waals surface area contributed by atoms with Crippen LogP contribution in [-0.2, 0) is 0 Å². The number of amides is 1. The summed E-state index contributed by atoms with van der Waals surface area (Å²) in [6.07, 6.45) is 7.17. The molecule has 1 N–H and O–H groups in total. The summed E-state index contributed by atoms with van der Waals surface area (Å²) in [6.45, 7) is 1.23. The third-order valence-electron chi connectivity index (χ3n) is 4.05. The highest BCUT2D eigenvalue weighted by Gasteiger charge is 2.29. The van der Waals surface area contributed by atoms with Gasteiger partial charge < -0.3 is 10.0 Å². The van der Waals surface area contributed by atoms with Crippen LogP contribution in [0, 0.1) is 5.92 Å². The van der Waals surface area contributed by atoms with Gasteiger partial charge in [0, 0.05) is 31.7 Å². The molecular formula is C16H18N4O2. The second-order valence-electron chi connectivity index (χ2n) is 5.42. The molecular weight excluding hydrogens is 280 g/mol. The van der Waals surface area contributed by atoms with Crippen molar-refractivity contribution in [3.8, 4) is 0 Å². The van der Waals surface area contributed by atoms with Crippen LogP contribution in [0.5, 0.6) is 0 Å². The maximum atomic E-state index is 12.3. The number of carbonyl (C=O) groups is 1. The molecule has 3 heterocycles. The van der Waals surface area contributed by atoms with Gasteiger partial charge in [-0.25, -0.2) is 4.98 Å². The SMILES string of the molecule is O=C(c1cnccn1)N1CCC(C(O)c2ccccn2)CC1. The predicted octanol–water partition coefficient (Wildman–Crippen LogP) is 1.46. The number of aromatic nitrogens is 3. The zero-order chi connectivity index (χ0) is 15.4.